The Morgan fingerprint density at radius 3 is 2.12 bits per heavy atom. The Morgan fingerprint density at radius 2 is 1.68 bits per heavy atom. The number of carbonyl (C=O) groups is 4. The first-order valence-corrected chi connectivity index (χ1v) is 9.39. The molecule has 0 spiro atoms. The van der Waals surface area contributed by atoms with Gasteiger partial charge >= 0.3 is 5.97 Å². The molecule has 0 saturated carbocycles. The number of primary amides is 1. The van der Waals surface area contributed by atoms with Crippen molar-refractivity contribution in [1.82, 2.24) is 10.6 Å². The van der Waals surface area contributed by atoms with Gasteiger partial charge in [0.15, 0.2) is 0 Å². The minimum absolute atomic E-state index is 0.0640. The van der Waals surface area contributed by atoms with Crippen molar-refractivity contribution in [1.29, 1.82) is 0 Å². The summed E-state index contributed by atoms with van der Waals surface area (Å²) < 4.78 is 0. The smallest absolute Gasteiger partial charge is 0.326 e. The van der Waals surface area contributed by atoms with E-state index in [9.17, 15) is 19.2 Å². The molecular weight excluding hydrogens is 348 g/mol. The van der Waals surface area contributed by atoms with Gasteiger partial charge in [-0.25, -0.2) is 4.79 Å². The van der Waals surface area contributed by atoms with E-state index in [0.29, 0.717) is 18.6 Å². The number of amides is 3. The summed E-state index contributed by atoms with van der Waals surface area (Å²) >= 11 is 1.48. The van der Waals surface area contributed by atoms with E-state index in [1.807, 2.05) is 20.1 Å². The maximum absolute atomic E-state index is 12.4. The molecule has 3 amide bonds. The molecule has 0 saturated heterocycles. The normalized spacial score (nSPS) is 15.5. The van der Waals surface area contributed by atoms with E-state index in [2.05, 4.69) is 10.6 Å². The molecule has 0 radical (unpaired) electrons. The lowest BCUT2D eigenvalue weighted by molar-refractivity contribution is -0.143. The highest BCUT2D eigenvalue weighted by Gasteiger charge is 2.29. The molecule has 0 aromatic rings. The van der Waals surface area contributed by atoms with Crippen LogP contribution in [0, 0.1) is 5.92 Å². The van der Waals surface area contributed by atoms with E-state index in [-0.39, 0.29) is 5.92 Å². The van der Waals surface area contributed by atoms with Crippen LogP contribution in [0.2, 0.25) is 0 Å². The van der Waals surface area contributed by atoms with Crippen molar-refractivity contribution in [3.8, 4) is 0 Å². The van der Waals surface area contributed by atoms with E-state index in [0.717, 1.165) is 0 Å². The van der Waals surface area contributed by atoms with Gasteiger partial charge in [0.2, 0.25) is 17.7 Å². The summed E-state index contributed by atoms with van der Waals surface area (Å²) in [5.74, 6) is -2.88. The molecule has 0 aliphatic heterocycles. The van der Waals surface area contributed by atoms with Crippen LogP contribution in [-0.2, 0) is 19.2 Å². The molecule has 25 heavy (non-hydrogen) atoms. The highest BCUT2D eigenvalue weighted by atomic mass is 32.2. The Kier molecular flexibility index (Phi) is 10.8. The average molecular weight is 376 g/mol. The molecule has 0 bridgehead atoms. The molecular formula is C15H28N4O5S. The zero-order valence-corrected chi connectivity index (χ0v) is 15.6. The van der Waals surface area contributed by atoms with Crippen LogP contribution in [0.5, 0.6) is 0 Å². The summed E-state index contributed by atoms with van der Waals surface area (Å²) in [5.41, 5.74) is 10.8. The number of hydrogen-bond acceptors (Lipinski definition) is 6. The summed E-state index contributed by atoms with van der Waals surface area (Å²) in [7, 11) is 0. The van der Waals surface area contributed by atoms with Crippen LogP contribution in [0.1, 0.15) is 33.1 Å². The van der Waals surface area contributed by atoms with Gasteiger partial charge in [-0.2, -0.15) is 11.8 Å². The molecule has 0 aliphatic rings. The second kappa shape index (κ2) is 11.7. The van der Waals surface area contributed by atoms with Crippen LogP contribution in [0.15, 0.2) is 0 Å². The van der Waals surface area contributed by atoms with Gasteiger partial charge in [-0.3, -0.25) is 14.4 Å². The van der Waals surface area contributed by atoms with Crippen LogP contribution in [0.25, 0.3) is 0 Å². The van der Waals surface area contributed by atoms with Crippen LogP contribution >= 0.6 is 11.8 Å². The van der Waals surface area contributed by atoms with Gasteiger partial charge in [0.05, 0.1) is 12.5 Å². The van der Waals surface area contributed by atoms with Gasteiger partial charge in [0.25, 0.3) is 0 Å². The second-order valence-corrected chi connectivity index (χ2v) is 6.81. The lowest BCUT2D eigenvalue weighted by Gasteiger charge is -2.24. The molecule has 7 N–H and O–H groups in total. The van der Waals surface area contributed by atoms with Crippen LogP contribution in [-0.4, -0.2) is 58.9 Å². The Balaban J connectivity index is 5.04. The molecule has 0 fully saturated rings. The van der Waals surface area contributed by atoms with Crippen molar-refractivity contribution in [2.45, 2.75) is 51.2 Å². The molecule has 9 nitrogen and oxygen atoms in total. The van der Waals surface area contributed by atoms with Crippen molar-refractivity contribution >= 4 is 35.5 Å². The number of nitrogens with two attached hydrogens (primary N) is 2. The molecule has 4 unspecified atom stereocenters. The van der Waals surface area contributed by atoms with Crippen molar-refractivity contribution < 1.29 is 24.3 Å². The van der Waals surface area contributed by atoms with Gasteiger partial charge in [-0.1, -0.05) is 20.3 Å². The van der Waals surface area contributed by atoms with Crippen LogP contribution < -0.4 is 22.1 Å². The van der Waals surface area contributed by atoms with Gasteiger partial charge in [0, 0.05) is 0 Å². The summed E-state index contributed by atoms with van der Waals surface area (Å²) in [6, 6.07) is -3.15. The summed E-state index contributed by atoms with van der Waals surface area (Å²) in [6.07, 6.45) is 2.32. The first kappa shape index (κ1) is 23.2. The zero-order valence-electron chi connectivity index (χ0n) is 14.8. The number of rotatable bonds is 12. The fourth-order valence-electron chi connectivity index (χ4n) is 1.96. The highest BCUT2D eigenvalue weighted by Crippen LogP contribution is 2.07. The van der Waals surface area contributed by atoms with E-state index in [1.54, 1.807) is 0 Å². The predicted molar refractivity (Wildman–Crippen MR) is 95.7 cm³/mol. The number of aliphatic carboxylic acids is 1. The van der Waals surface area contributed by atoms with Gasteiger partial charge in [-0.05, 0) is 24.3 Å². The summed E-state index contributed by atoms with van der Waals surface area (Å²) in [5, 5.41) is 13.9. The largest absolute Gasteiger partial charge is 0.480 e. The molecule has 0 rings (SSSR count). The molecule has 10 heteroatoms. The van der Waals surface area contributed by atoms with E-state index in [1.165, 1.54) is 11.8 Å². The minimum atomic E-state index is -1.44. The van der Waals surface area contributed by atoms with E-state index in [4.69, 9.17) is 16.6 Å². The first-order chi connectivity index (χ1) is 11.6. The Labute approximate surface area is 151 Å². The standard InChI is InChI=1S/C15H28N4O5S/c1-4-8(2)12(17)14(22)18-9(5-6-25-3)13(21)19-10(15(23)24)7-11(16)20/h8-10,12H,4-7,17H2,1-3H3,(H2,16,20)(H,18,22)(H,19,21)(H,23,24). The molecule has 4 atom stereocenters. The van der Waals surface area contributed by atoms with Gasteiger partial charge in [-0.15, -0.1) is 0 Å². The quantitative estimate of drug-likeness (QED) is 0.293. The molecule has 0 aliphatic carbocycles. The summed E-state index contributed by atoms with van der Waals surface area (Å²) in [6.45, 7) is 3.73. The Morgan fingerprint density at radius 1 is 1.12 bits per heavy atom. The maximum Gasteiger partial charge on any atom is 0.326 e. The lowest BCUT2D eigenvalue weighted by atomic mass is 9.99. The van der Waals surface area contributed by atoms with E-state index >= 15 is 0 Å². The third kappa shape index (κ3) is 8.73. The second-order valence-electron chi connectivity index (χ2n) is 5.82. The predicted octanol–water partition coefficient (Wildman–Crippen LogP) is -0.957. The topological polar surface area (TPSA) is 165 Å². The third-order valence-corrected chi connectivity index (χ3v) is 4.47. The number of carbonyl (C=O) groups excluding carboxylic acids is 3. The monoisotopic (exact) mass is 376 g/mol. The molecule has 0 aromatic carbocycles. The third-order valence-electron chi connectivity index (χ3n) is 3.82. The number of thioether (sulfide) groups is 1. The minimum Gasteiger partial charge on any atom is -0.480 e. The Hall–Kier alpha value is -1.81. The zero-order chi connectivity index (χ0) is 19.6. The van der Waals surface area contributed by atoms with E-state index < -0.39 is 48.2 Å². The van der Waals surface area contributed by atoms with Crippen LogP contribution in [0.4, 0.5) is 0 Å². The summed E-state index contributed by atoms with van der Waals surface area (Å²) in [4.78, 5) is 46.6. The number of carboxylic acids is 1. The fraction of sp³-hybridized carbons (Fsp3) is 0.733. The van der Waals surface area contributed by atoms with Crippen LogP contribution in [0.3, 0.4) is 0 Å². The van der Waals surface area contributed by atoms with Crippen molar-refractivity contribution in [3.63, 3.8) is 0 Å². The molecule has 144 valence electrons. The van der Waals surface area contributed by atoms with Gasteiger partial charge in [0.1, 0.15) is 12.1 Å². The van der Waals surface area contributed by atoms with Crippen molar-refractivity contribution in [3.05, 3.63) is 0 Å². The maximum atomic E-state index is 12.4. The highest BCUT2D eigenvalue weighted by molar-refractivity contribution is 7.98. The SMILES string of the molecule is CCC(C)C(N)C(=O)NC(CCSC)C(=O)NC(CC(N)=O)C(=O)O. The molecule has 0 heterocycles. The average Bonchev–Trinajstić information content (AvgIpc) is 2.55. The number of hydrogen-bond donors (Lipinski definition) is 5. The number of carboxylic acid groups (broad SMARTS) is 1. The van der Waals surface area contributed by atoms with Crippen molar-refractivity contribution in [2.24, 2.45) is 17.4 Å². The lowest BCUT2D eigenvalue weighted by Crippen LogP contribution is -2.56. The fourth-order valence-corrected chi connectivity index (χ4v) is 2.43. The van der Waals surface area contributed by atoms with Crippen molar-refractivity contribution in [2.75, 3.05) is 12.0 Å². The molecule has 0 aromatic heterocycles. The van der Waals surface area contributed by atoms with Gasteiger partial charge < -0.3 is 27.2 Å². The Bertz CT molecular complexity index is 489. The first-order valence-electron chi connectivity index (χ1n) is 8.00. The number of nitrogens with one attached hydrogen (secondary N) is 2.